The minimum Gasteiger partial charge on any atom is -0.356 e. The highest BCUT2D eigenvalue weighted by Gasteiger charge is 2.21. The van der Waals surface area contributed by atoms with Gasteiger partial charge in [0.05, 0.1) is 0 Å². The molecule has 0 saturated carbocycles. The Balaban J connectivity index is 2.24. The molecule has 1 aliphatic rings. The van der Waals surface area contributed by atoms with Gasteiger partial charge in [-0.15, -0.1) is 0 Å². The number of piperidine rings is 1. The van der Waals surface area contributed by atoms with Crippen LogP contribution < -0.4 is 5.32 Å². The van der Waals surface area contributed by atoms with Crippen LogP contribution in [-0.2, 0) is 4.79 Å². The first-order chi connectivity index (χ1) is 7.09. The zero-order chi connectivity index (χ0) is 11.3. The number of amides is 1. The highest BCUT2D eigenvalue weighted by molar-refractivity contribution is 5.76. The lowest BCUT2D eigenvalue weighted by atomic mass is 10.00. The highest BCUT2D eigenvalue weighted by atomic mass is 16.1. The molecule has 0 aliphatic carbocycles. The number of hydrogen-bond donors (Lipinski definition) is 1. The number of carbonyl (C=O) groups excluding carboxylic acids is 1. The Kier molecular flexibility index (Phi) is 5.09. The second-order valence-electron chi connectivity index (χ2n) is 5.03. The number of carbonyl (C=O) groups is 1. The molecule has 0 bridgehead atoms. The molecule has 15 heavy (non-hydrogen) atoms. The van der Waals surface area contributed by atoms with Crippen molar-refractivity contribution in [2.24, 2.45) is 5.92 Å². The Morgan fingerprint density at radius 3 is 2.80 bits per heavy atom. The van der Waals surface area contributed by atoms with Gasteiger partial charge in [0.1, 0.15) is 0 Å². The molecule has 0 radical (unpaired) electrons. The Morgan fingerprint density at radius 1 is 1.47 bits per heavy atom. The number of rotatable bonds is 4. The van der Waals surface area contributed by atoms with Gasteiger partial charge < -0.3 is 10.2 Å². The van der Waals surface area contributed by atoms with Gasteiger partial charge in [0.25, 0.3) is 0 Å². The zero-order valence-electron chi connectivity index (χ0n) is 10.3. The predicted molar refractivity (Wildman–Crippen MR) is 62.7 cm³/mol. The van der Waals surface area contributed by atoms with Crippen molar-refractivity contribution in [2.75, 3.05) is 20.1 Å². The molecular weight excluding hydrogens is 188 g/mol. The molecule has 1 fully saturated rings. The average molecular weight is 212 g/mol. The first-order valence-electron chi connectivity index (χ1n) is 6.06. The van der Waals surface area contributed by atoms with Gasteiger partial charge in [0, 0.05) is 19.0 Å². The first kappa shape index (κ1) is 12.5. The van der Waals surface area contributed by atoms with E-state index in [1.54, 1.807) is 0 Å². The summed E-state index contributed by atoms with van der Waals surface area (Å²) in [6, 6.07) is 0.464. The molecule has 0 aromatic carbocycles. The lowest BCUT2D eigenvalue weighted by Crippen LogP contribution is -2.40. The van der Waals surface area contributed by atoms with Gasteiger partial charge in [-0.05, 0) is 32.4 Å². The van der Waals surface area contributed by atoms with E-state index in [-0.39, 0.29) is 5.91 Å². The predicted octanol–water partition coefficient (Wildman–Crippen LogP) is 1.63. The topological polar surface area (TPSA) is 32.3 Å². The van der Waals surface area contributed by atoms with Crippen molar-refractivity contribution in [2.45, 2.75) is 45.6 Å². The van der Waals surface area contributed by atoms with Crippen molar-refractivity contribution in [3.05, 3.63) is 0 Å². The Hall–Kier alpha value is -0.570. The minimum atomic E-state index is 0.211. The molecule has 1 N–H and O–H groups in total. The summed E-state index contributed by atoms with van der Waals surface area (Å²) in [5.41, 5.74) is 0. The van der Waals surface area contributed by atoms with E-state index in [1.165, 1.54) is 19.3 Å². The molecule has 1 saturated heterocycles. The molecular formula is C12H24N2O. The summed E-state index contributed by atoms with van der Waals surface area (Å²) >= 11 is 0. The second kappa shape index (κ2) is 6.11. The standard InChI is InChI=1S/C12H24N2O/c1-10(2)9-13-12(15)8-11-6-4-5-7-14(11)3/h10-11H,4-9H2,1-3H3,(H,13,15). The van der Waals surface area contributed by atoms with Gasteiger partial charge in [-0.2, -0.15) is 0 Å². The van der Waals surface area contributed by atoms with Crippen LogP contribution in [0.1, 0.15) is 39.5 Å². The molecule has 0 aromatic rings. The lowest BCUT2D eigenvalue weighted by molar-refractivity contribution is -0.122. The second-order valence-corrected chi connectivity index (χ2v) is 5.03. The number of nitrogens with one attached hydrogen (secondary N) is 1. The van der Waals surface area contributed by atoms with Crippen molar-refractivity contribution in [1.29, 1.82) is 0 Å². The average Bonchev–Trinajstić information content (AvgIpc) is 2.18. The third-order valence-corrected chi connectivity index (χ3v) is 3.05. The fraction of sp³-hybridized carbons (Fsp3) is 0.917. The third-order valence-electron chi connectivity index (χ3n) is 3.05. The molecule has 1 aliphatic heterocycles. The van der Waals surface area contributed by atoms with Crippen LogP contribution in [0.15, 0.2) is 0 Å². The van der Waals surface area contributed by atoms with Crippen molar-refractivity contribution >= 4 is 5.91 Å². The molecule has 1 amide bonds. The van der Waals surface area contributed by atoms with Gasteiger partial charge >= 0.3 is 0 Å². The summed E-state index contributed by atoms with van der Waals surface area (Å²) in [5, 5.41) is 2.98. The van der Waals surface area contributed by atoms with E-state index in [0.717, 1.165) is 13.1 Å². The molecule has 1 atom stereocenters. The van der Waals surface area contributed by atoms with Gasteiger partial charge in [0.2, 0.25) is 5.91 Å². The number of hydrogen-bond acceptors (Lipinski definition) is 2. The van der Waals surface area contributed by atoms with E-state index in [2.05, 4.69) is 31.1 Å². The van der Waals surface area contributed by atoms with E-state index < -0.39 is 0 Å². The van der Waals surface area contributed by atoms with E-state index in [9.17, 15) is 4.79 Å². The fourth-order valence-electron chi connectivity index (χ4n) is 2.01. The van der Waals surface area contributed by atoms with E-state index >= 15 is 0 Å². The van der Waals surface area contributed by atoms with Crippen LogP contribution in [0, 0.1) is 5.92 Å². The van der Waals surface area contributed by atoms with Crippen molar-refractivity contribution in [1.82, 2.24) is 10.2 Å². The van der Waals surface area contributed by atoms with Crippen LogP contribution in [0.4, 0.5) is 0 Å². The first-order valence-corrected chi connectivity index (χ1v) is 6.06. The highest BCUT2D eigenvalue weighted by Crippen LogP contribution is 2.17. The summed E-state index contributed by atoms with van der Waals surface area (Å²) in [6.45, 7) is 6.18. The molecule has 0 spiro atoms. The van der Waals surface area contributed by atoms with Gasteiger partial charge in [-0.3, -0.25) is 4.79 Å². The lowest BCUT2D eigenvalue weighted by Gasteiger charge is -2.32. The molecule has 1 unspecified atom stereocenters. The van der Waals surface area contributed by atoms with Crippen LogP contribution in [0.5, 0.6) is 0 Å². The maximum atomic E-state index is 11.6. The van der Waals surface area contributed by atoms with E-state index in [4.69, 9.17) is 0 Å². The number of likely N-dealkylation sites (tertiary alicyclic amines) is 1. The maximum Gasteiger partial charge on any atom is 0.221 e. The largest absolute Gasteiger partial charge is 0.356 e. The van der Waals surface area contributed by atoms with Crippen molar-refractivity contribution < 1.29 is 4.79 Å². The number of nitrogens with zero attached hydrogens (tertiary/aromatic N) is 1. The van der Waals surface area contributed by atoms with Crippen LogP contribution in [0.25, 0.3) is 0 Å². The van der Waals surface area contributed by atoms with Crippen molar-refractivity contribution in [3.63, 3.8) is 0 Å². The van der Waals surface area contributed by atoms with Gasteiger partial charge in [-0.25, -0.2) is 0 Å². The Morgan fingerprint density at radius 2 is 2.20 bits per heavy atom. The summed E-state index contributed by atoms with van der Waals surface area (Å²) in [7, 11) is 2.12. The quantitative estimate of drug-likeness (QED) is 0.768. The van der Waals surface area contributed by atoms with Crippen LogP contribution in [0.2, 0.25) is 0 Å². The van der Waals surface area contributed by atoms with Gasteiger partial charge in [0.15, 0.2) is 0 Å². The van der Waals surface area contributed by atoms with Gasteiger partial charge in [-0.1, -0.05) is 20.3 Å². The molecule has 3 heteroatoms. The third kappa shape index (κ3) is 4.65. The smallest absolute Gasteiger partial charge is 0.221 e. The van der Waals surface area contributed by atoms with Crippen LogP contribution in [0.3, 0.4) is 0 Å². The Bertz CT molecular complexity index is 204. The summed E-state index contributed by atoms with van der Waals surface area (Å²) in [6.07, 6.45) is 4.39. The van der Waals surface area contributed by atoms with Crippen LogP contribution in [-0.4, -0.2) is 37.0 Å². The Labute approximate surface area is 93.2 Å². The molecule has 0 aromatic heterocycles. The minimum absolute atomic E-state index is 0.211. The van der Waals surface area contributed by atoms with Crippen molar-refractivity contribution in [3.8, 4) is 0 Å². The van der Waals surface area contributed by atoms with Crippen LogP contribution >= 0.6 is 0 Å². The van der Waals surface area contributed by atoms with E-state index in [0.29, 0.717) is 18.4 Å². The summed E-state index contributed by atoms with van der Waals surface area (Å²) in [4.78, 5) is 13.9. The monoisotopic (exact) mass is 212 g/mol. The summed E-state index contributed by atoms with van der Waals surface area (Å²) in [5.74, 6) is 0.750. The molecule has 1 rings (SSSR count). The zero-order valence-corrected chi connectivity index (χ0v) is 10.3. The maximum absolute atomic E-state index is 11.6. The molecule has 88 valence electrons. The molecule has 3 nitrogen and oxygen atoms in total. The SMILES string of the molecule is CC(C)CNC(=O)CC1CCCCN1C. The fourth-order valence-corrected chi connectivity index (χ4v) is 2.01. The van der Waals surface area contributed by atoms with E-state index in [1.807, 2.05) is 0 Å². The summed E-state index contributed by atoms with van der Waals surface area (Å²) < 4.78 is 0. The molecule has 1 heterocycles. The normalized spacial score (nSPS) is 23.1.